The van der Waals surface area contributed by atoms with Crippen molar-refractivity contribution in [2.75, 3.05) is 26.8 Å². The normalized spacial score (nSPS) is 15.3. The molecule has 4 heteroatoms. The largest absolute Gasteiger partial charge is 0.468 e. The molecule has 0 bridgehead atoms. The third-order valence-electron chi connectivity index (χ3n) is 3.76. The number of nitrogens with zero attached hydrogens (tertiary/aromatic N) is 1. The Morgan fingerprint density at radius 1 is 1.50 bits per heavy atom. The molecule has 0 radical (unpaired) electrons. The maximum atomic E-state index is 6.05. The molecular weight excluding hydrogens is 228 g/mol. The first-order valence-electron chi connectivity index (χ1n) is 6.57. The van der Waals surface area contributed by atoms with Crippen LogP contribution >= 0.6 is 0 Å². The van der Waals surface area contributed by atoms with Crippen LogP contribution in [-0.2, 0) is 11.3 Å². The summed E-state index contributed by atoms with van der Waals surface area (Å²) in [4.78, 5) is 2.35. The highest BCUT2D eigenvalue weighted by atomic mass is 16.5. The van der Waals surface area contributed by atoms with E-state index in [1.165, 1.54) is 0 Å². The van der Waals surface area contributed by atoms with Crippen molar-refractivity contribution in [3.05, 3.63) is 24.2 Å². The Labute approximate surface area is 110 Å². The van der Waals surface area contributed by atoms with E-state index in [1.54, 1.807) is 13.4 Å². The van der Waals surface area contributed by atoms with E-state index in [9.17, 15) is 0 Å². The van der Waals surface area contributed by atoms with Crippen LogP contribution in [0.15, 0.2) is 22.8 Å². The summed E-state index contributed by atoms with van der Waals surface area (Å²) in [6.07, 6.45) is 1.71. The molecule has 1 unspecified atom stereocenters. The molecule has 0 saturated heterocycles. The van der Waals surface area contributed by atoms with Gasteiger partial charge in [0, 0.05) is 13.7 Å². The van der Waals surface area contributed by atoms with Gasteiger partial charge in [0.15, 0.2) is 0 Å². The Kier molecular flexibility index (Phi) is 5.85. The van der Waals surface area contributed by atoms with E-state index in [2.05, 4.69) is 25.7 Å². The summed E-state index contributed by atoms with van der Waals surface area (Å²) in [6.45, 7) is 9.42. The third-order valence-corrected chi connectivity index (χ3v) is 3.76. The molecule has 1 aromatic rings. The molecule has 0 amide bonds. The van der Waals surface area contributed by atoms with Gasteiger partial charge in [-0.15, -0.1) is 0 Å². The first-order chi connectivity index (χ1) is 8.60. The van der Waals surface area contributed by atoms with Gasteiger partial charge in [-0.2, -0.15) is 0 Å². The Hall–Kier alpha value is -0.840. The lowest BCUT2D eigenvalue weighted by Crippen LogP contribution is -2.59. The number of hydrogen-bond acceptors (Lipinski definition) is 4. The number of nitrogens with two attached hydrogens (primary N) is 1. The molecule has 0 aliphatic heterocycles. The second-order valence-corrected chi connectivity index (χ2v) is 4.99. The first kappa shape index (κ1) is 15.2. The van der Waals surface area contributed by atoms with E-state index < -0.39 is 0 Å². The van der Waals surface area contributed by atoms with Crippen LogP contribution in [0.2, 0.25) is 0 Å². The summed E-state index contributed by atoms with van der Waals surface area (Å²) in [7, 11) is 1.73. The van der Waals surface area contributed by atoms with Crippen molar-refractivity contribution in [1.29, 1.82) is 0 Å². The Bertz CT molecular complexity index is 325. The molecule has 1 atom stereocenters. The quantitative estimate of drug-likeness (QED) is 0.772. The first-order valence-corrected chi connectivity index (χ1v) is 6.57. The van der Waals surface area contributed by atoms with Gasteiger partial charge in [0.25, 0.3) is 0 Å². The zero-order valence-corrected chi connectivity index (χ0v) is 12.0. The highest BCUT2D eigenvalue weighted by molar-refractivity contribution is 5.02. The molecule has 104 valence electrons. The van der Waals surface area contributed by atoms with Crippen molar-refractivity contribution in [3.63, 3.8) is 0 Å². The summed E-state index contributed by atoms with van der Waals surface area (Å²) in [6, 6.07) is 3.91. The number of rotatable bonds is 8. The van der Waals surface area contributed by atoms with Crippen molar-refractivity contribution in [1.82, 2.24) is 4.90 Å². The molecule has 0 aliphatic rings. The van der Waals surface area contributed by atoms with E-state index in [0.717, 1.165) is 18.8 Å². The van der Waals surface area contributed by atoms with Gasteiger partial charge in [-0.1, -0.05) is 20.8 Å². The van der Waals surface area contributed by atoms with E-state index in [-0.39, 0.29) is 5.54 Å². The van der Waals surface area contributed by atoms with Gasteiger partial charge in [0.05, 0.1) is 25.0 Å². The molecule has 2 N–H and O–H groups in total. The maximum Gasteiger partial charge on any atom is 0.117 e. The summed E-state index contributed by atoms with van der Waals surface area (Å²) in [5.74, 6) is 1.38. The predicted octanol–water partition coefficient (Wildman–Crippen LogP) is 2.10. The third kappa shape index (κ3) is 3.13. The second kappa shape index (κ2) is 6.92. The zero-order valence-electron chi connectivity index (χ0n) is 12.0. The van der Waals surface area contributed by atoms with Gasteiger partial charge in [-0.25, -0.2) is 0 Å². The zero-order chi connectivity index (χ0) is 13.6. The lowest BCUT2D eigenvalue weighted by molar-refractivity contribution is -0.0216. The van der Waals surface area contributed by atoms with Crippen molar-refractivity contribution in [2.45, 2.75) is 32.9 Å². The number of methoxy groups -OCH3 is 1. The Morgan fingerprint density at radius 2 is 2.22 bits per heavy atom. The van der Waals surface area contributed by atoms with E-state index in [4.69, 9.17) is 14.9 Å². The van der Waals surface area contributed by atoms with Gasteiger partial charge >= 0.3 is 0 Å². The van der Waals surface area contributed by atoms with Crippen LogP contribution in [0.4, 0.5) is 0 Å². The maximum absolute atomic E-state index is 6.05. The van der Waals surface area contributed by atoms with Crippen LogP contribution in [0.1, 0.15) is 26.5 Å². The molecule has 0 saturated carbocycles. The molecule has 18 heavy (non-hydrogen) atoms. The van der Waals surface area contributed by atoms with Crippen LogP contribution in [0.3, 0.4) is 0 Å². The molecule has 1 aromatic heterocycles. The topological polar surface area (TPSA) is 51.6 Å². The van der Waals surface area contributed by atoms with Crippen LogP contribution in [-0.4, -0.2) is 37.2 Å². The number of ether oxygens (including phenoxy) is 1. The molecule has 1 heterocycles. The molecule has 4 nitrogen and oxygen atoms in total. The summed E-state index contributed by atoms with van der Waals surface area (Å²) >= 11 is 0. The smallest absolute Gasteiger partial charge is 0.117 e. The highest BCUT2D eigenvalue weighted by Gasteiger charge is 2.38. The van der Waals surface area contributed by atoms with Gasteiger partial charge in [0.1, 0.15) is 5.76 Å². The van der Waals surface area contributed by atoms with Crippen LogP contribution < -0.4 is 5.73 Å². The lowest BCUT2D eigenvalue weighted by Gasteiger charge is -2.45. The Balaban J connectivity index is 2.92. The minimum Gasteiger partial charge on any atom is -0.468 e. The van der Waals surface area contributed by atoms with Crippen molar-refractivity contribution >= 4 is 0 Å². The summed E-state index contributed by atoms with van der Waals surface area (Å²) in [5, 5.41) is 0. The number of furan rings is 1. The average Bonchev–Trinajstić information content (AvgIpc) is 2.86. The molecule has 0 aromatic carbocycles. The van der Waals surface area contributed by atoms with Gasteiger partial charge < -0.3 is 14.9 Å². The molecule has 0 aliphatic carbocycles. The van der Waals surface area contributed by atoms with Crippen LogP contribution in [0.5, 0.6) is 0 Å². The number of hydrogen-bond donors (Lipinski definition) is 1. The van der Waals surface area contributed by atoms with Gasteiger partial charge in [-0.3, -0.25) is 4.90 Å². The van der Waals surface area contributed by atoms with Crippen LogP contribution in [0, 0.1) is 5.92 Å². The van der Waals surface area contributed by atoms with E-state index in [0.29, 0.717) is 19.1 Å². The van der Waals surface area contributed by atoms with E-state index >= 15 is 0 Å². The standard InChI is InChI=1S/C14H26N2O2/c1-5-16(9-13-7-6-8-18-13)14(10-15,11-17-4)12(2)3/h6-8,12H,5,9-11,15H2,1-4H3. The minimum atomic E-state index is -0.143. The average molecular weight is 254 g/mol. The summed E-state index contributed by atoms with van der Waals surface area (Å²) < 4.78 is 10.8. The minimum absolute atomic E-state index is 0.143. The fraction of sp³-hybridized carbons (Fsp3) is 0.714. The molecule has 0 spiro atoms. The van der Waals surface area contributed by atoms with Crippen molar-refractivity contribution < 1.29 is 9.15 Å². The Morgan fingerprint density at radius 3 is 2.61 bits per heavy atom. The lowest BCUT2D eigenvalue weighted by atomic mass is 9.85. The fourth-order valence-electron chi connectivity index (χ4n) is 2.47. The SMILES string of the molecule is CCN(Cc1ccco1)C(CN)(COC)C(C)C. The van der Waals surface area contributed by atoms with Crippen molar-refractivity contribution in [3.8, 4) is 0 Å². The second-order valence-electron chi connectivity index (χ2n) is 4.99. The molecular formula is C14H26N2O2. The van der Waals surface area contributed by atoms with Gasteiger partial charge in [-0.05, 0) is 24.6 Å². The monoisotopic (exact) mass is 254 g/mol. The summed E-state index contributed by atoms with van der Waals surface area (Å²) in [5.41, 5.74) is 5.91. The van der Waals surface area contributed by atoms with Crippen molar-refractivity contribution in [2.24, 2.45) is 11.7 Å². The van der Waals surface area contributed by atoms with Gasteiger partial charge in [0.2, 0.25) is 0 Å². The predicted molar refractivity (Wildman–Crippen MR) is 73.3 cm³/mol. The fourth-order valence-corrected chi connectivity index (χ4v) is 2.47. The van der Waals surface area contributed by atoms with E-state index in [1.807, 2.05) is 12.1 Å². The highest BCUT2D eigenvalue weighted by Crippen LogP contribution is 2.26. The molecule has 0 fully saturated rings. The van der Waals surface area contributed by atoms with Crippen LogP contribution in [0.25, 0.3) is 0 Å². The number of likely N-dealkylation sites (N-methyl/N-ethyl adjacent to an activating group) is 1. The molecule has 1 rings (SSSR count).